The Morgan fingerprint density at radius 1 is 1.35 bits per heavy atom. The van der Waals surface area contributed by atoms with Crippen molar-refractivity contribution < 1.29 is 18.3 Å². The van der Waals surface area contributed by atoms with E-state index < -0.39 is 6.61 Å². The number of nitrogens with zero attached hydrogens (tertiary/aromatic N) is 3. The van der Waals surface area contributed by atoms with Gasteiger partial charge in [-0.05, 0) is 31.6 Å². The molecule has 26 heavy (non-hydrogen) atoms. The van der Waals surface area contributed by atoms with Crippen molar-refractivity contribution in [3.8, 4) is 11.4 Å². The molecule has 0 aliphatic carbocycles. The van der Waals surface area contributed by atoms with E-state index in [4.69, 9.17) is 27.8 Å². The third-order valence-electron chi connectivity index (χ3n) is 3.30. The Balaban J connectivity index is 2.09. The number of alkyl halides is 2. The molecule has 0 aliphatic rings. The van der Waals surface area contributed by atoms with Crippen LogP contribution < -0.4 is 16.2 Å². The number of ether oxygens (including phenoxy) is 2. The molecule has 0 fully saturated rings. The first-order valence-electron chi connectivity index (χ1n) is 7.45. The lowest BCUT2D eigenvalue weighted by Crippen LogP contribution is -2.05. The van der Waals surface area contributed by atoms with Crippen LogP contribution in [0.1, 0.15) is 19.5 Å². The SMILES string of the molecule is C/C(N)=C(C)/C=C(\N)OCc1cn(-c2ccc(Cl)c(OC(F)F)c2)nn1. The standard InChI is InChI=1S/C16H18ClF2N5O2/c1-9(10(2)20)5-15(21)25-8-11-7-24(23-22-11)12-3-4-13(17)14(6-12)26-16(18)19/h3-7,16H,8,20-21H2,1-2H3/b10-9-,15-5+. The molecule has 1 aromatic carbocycles. The highest BCUT2D eigenvalue weighted by Gasteiger charge is 2.11. The van der Waals surface area contributed by atoms with Crippen LogP contribution in [0.3, 0.4) is 0 Å². The number of benzene rings is 1. The minimum absolute atomic E-state index is 0.0641. The molecule has 0 saturated heterocycles. The maximum Gasteiger partial charge on any atom is 0.387 e. The molecule has 0 aliphatic heterocycles. The number of halogens is 3. The average molecular weight is 386 g/mol. The summed E-state index contributed by atoms with van der Waals surface area (Å²) >= 11 is 5.82. The number of nitrogens with two attached hydrogens (primary N) is 2. The van der Waals surface area contributed by atoms with Gasteiger partial charge in [0.2, 0.25) is 0 Å². The summed E-state index contributed by atoms with van der Waals surface area (Å²) in [6.07, 6.45) is 3.17. The van der Waals surface area contributed by atoms with Crippen LogP contribution in [0.4, 0.5) is 8.78 Å². The van der Waals surface area contributed by atoms with Gasteiger partial charge in [0, 0.05) is 17.8 Å². The minimum atomic E-state index is -2.98. The van der Waals surface area contributed by atoms with Gasteiger partial charge in [0.1, 0.15) is 18.1 Å². The molecule has 1 heterocycles. The summed E-state index contributed by atoms with van der Waals surface area (Å²) < 4.78 is 35.9. The van der Waals surface area contributed by atoms with E-state index in [0.717, 1.165) is 5.57 Å². The van der Waals surface area contributed by atoms with Crippen molar-refractivity contribution in [3.63, 3.8) is 0 Å². The first-order chi connectivity index (χ1) is 12.3. The first-order valence-corrected chi connectivity index (χ1v) is 7.83. The molecule has 2 rings (SSSR count). The highest BCUT2D eigenvalue weighted by Crippen LogP contribution is 2.28. The van der Waals surface area contributed by atoms with Gasteiger partial charge >= 0.3 is 6.61 Å². The van der Waals surface area contributed by atoms with Crippen molar-refractivity contribution in [1.29, 1.82) is 0 Å². The Morgan fingerprint density at radius 3 is 2.73 bits per heavy atom. The second-order valence-corrected chi connectivity index (χ2v) is 5.76. The van der Waals surface area contributed by atoms with Crippen molar-refractivity contribution in [1.82, 2.24) is 15.0 Å². The molecule has 0 spiro atoms. The fourth-order valence-electron chi connectivity index (χ4n) is 1.84. The van der Waals surface area contributed by atoms with Gasteiger partial charge < -0.3 is 20.9 Å². The summed E-state index contributed by atoms with van der Waals surface area (Å²) in [4.78, 5) is 0. The monoisotopic (exact) mass is 385 g/mol. The molecule has 2 aromatic rings. The van der Waals surface area contributed by atoms with E-state index in [0.29, 0.717) is 17.1 Å². The van der Waals surface area contributed by atoms with Crippen molar-refractivity contribution in [2.75, 3.05) is 0 Å². The largest absolute Gasteiger partial charge is 0.473 e. The fourth-order valence-corrected chi connectivity index (χ4v) is 2.00. The summed E-state index contributed by atoms with van der Waals surface area (Å²) in [5.41, 5.74) is 13.8. The predicted molar refractivity (Wildman–Crippen MR) is 92.6 cm³/mol. The lowest BCUT2D eigenvalue weighted by molar-refractivity contribution is -0.0497. The van der Waals surface area contributed by atoms with Crippen molar-refractivity contribution in [2.24, 2.45) is 11.5 Å². The van der Waals surface area contributed by atoms with Crippen LogP contribution in [0.5, 0.6) is 5.75 Å². The van der Waals surface area contributed by atoms with Crippen LogP contribution in [-0.4, -0.2) is 21.6 Å². The zero-order valence-electron chi connectivity index (χ0n) is 14.1. The van der Waals surface area contributed by atoms with Gasteiger partial charge in [-0.2, -0.15) is 8.78 Å². The Bertz CT molecular complexity index is 832. The third kappa shape index (κ3) is 5.35. The highest BCUT2D eigenvalue weighted by molar-refractivity contribution is 6.32. The molecule has 1 aromatic heterocycles. The van der Waals surface area contributed by atoms with Crippen LogP contribution >= 0.6 is 11.6 Å². The fraction of sp³-hybridized carbons (Fsp3) is 0.250. The molecule has 0 saturated carbocycles. The normalized spacial score (nSPS) is 12.9. The lowest BCUT2D eigenvalue weighted by Gasteiger charge is -2.08. The molecule has 0 amide bonds. The Labute approximate surface area is 153 Å². The minimum Gasteiger partial charge on any atom is -0.473 e. The molecule has 0 atom stereocenters. The molecule has 0 radical (unpaired) electrons. The van der Waals surface area contributed by atoms with E-state index in [1.807, 2.05) is 0 Å². The van der Waals surface area contributed by atoms with E-state index in [1.165, 1.54) is 16.8 Å². The molecular formula is C16H18ClF2N5O2. The molecule has 0 unspecified atom stereocenters. The van der Waals surface area contributed by atoms with Crippen LogP contribution in [-0.2, 0) is 11.3 Å². The summed E-state index contributed by atoms with van der Waals surface area (Å²) in [6, 6.07) is 4.35. The van der Waals surface area contributed by atoms with E-state index >= 15 is 0 Å². The number of aromatic nitrogens is 3. The van der Waals surface area contributed by atoms with Crippen molar-refractivity contribution >= 4 is 11.6 Å². The summed E-state index contributed by atoms with van der Waals surface area (Å²) in [5.74, 6) is 0.0278. The molecule has 7 nitrogen and oxygen atoms in total. The summed E-state index contributed by atoms with van der Waals surface area (Å²) in [5, 5.41) is 7.92. The molecule has 0 bridgehead atoms. The van der Waals surface area contributed by atoms with Gasteiger partial charge in [0.25, 0.3) is 0 Å². The first kappa shape index (κ1) is 19.5. The van der Waals surface area contributed by atoms with Crippen LogP contribution in [0.25, 0.3) is 5.69 Å². The third-order valence-corrected chi connectivity index (χ3v) is 3.62. The molecule has 140 valence electrons. The van der Waals surface area contributed by atoms with Crippen LogP contribution in [0.15, 0.2) is 47.6 Å². The van der Waals surface area contributed by atoms with Gasteiger partial charge in [0.15, 0.2) is 5.88 Å². The molecule has 10 heteroatoms. The summed E-state index contributed by atoms with van der Waals surface area (Å²) in [6.45, 7) is 0.657. The van der Waals surface area contributed by atoms with Crippen LogP contribution in [0, 0.1) is 0 Å². The Kier molecular flexibility index (Phi) is 6.40. The lowest BCUT2D eigenvalue weighted by atomic mass is 10.2. The van der Waals surface area contributed by atoms with E-state index in [2.05, 4.69) is 15.0 Å². The Hall–Kier alpha value is -2.81. The average Bonchev–Trinajstić information content (AvgIpc) is 3.03. The number of hydrogen-bond donors (Lipinski definition) is 2. The maximum absolute atomic E-state index is 12.4. The number of hydrogen-bond acceptors (Lipinski definition) is 6. The quantitative estimate of drug-likeness (QED) is 0.561. The van der Waals surface area contributed by atoms with Gasteiger partial charge in [0.05, 0.1) is 16.9 Å². The van der Waals surface area contributed by atoms with Gasteiger partial charge in [-0.15, -0.1) is 5.10 Å². The summed E-state index contributed by atoms with van der Waals surface area (Å²) in [7, 11) is 0. The second-order valence-electron chi connectivity index (χ2n) is 5.35. The maximum atomic E-state index is 12.4. The Morgan fingerprint density at radius 2 is 2.08 bits per heavy atom. The van der Waals surface area contributed by atoms with Gasteiger partial charge in [-0.3, -0.25) is 0 Å². The van der Waals surface area contributed by atoms with Crippen molar-refractivity contribution in [2.45, 2.75) is 27.1 Å². The van der Waals surface area contributed by atoms with Gasteiger partial charge in [-0.1, -0.05) is 16.8 Å². The smallest absolute Gasteiger partial charge is 0.387 e. The predicted octanol–water partition coefficient (Wildman–Crippen LogP) is 3.09. The molecular weight excluding hydrogens is 368 g/mol. The number of rotatable bonds is 7. The van der Waals surface area contributed by atoms with E-state index in [9.17, 15) is 8.78 Å². The topological polar surface area (TPSA) is 101 Å². The van der Waals surface area contributed by atoms with Gasteiger partial charge in [-0.25, -0.2) is 4.68 Å². The van der Waals surface area contributed by atoms with Crippen LogP contribution in [0.2, 0.25) is 5.02 Å². The molecule has 4 N–H and O–H groups in total. The number of allylic oxidation sites excluding steroid dienone is 3. The van der Waals surface area contributed by atoms with E-state index in [-0.39, 0.29) is 23.3 Å². The highest BCUT2D eigenvalue weighted by atomic mass is 35.5. The van der Waals surface area contributed by atoms with E-state index in [1.54, 1.807) is 32.2 Å². The zero-order valence-corrected chi connectivity index (χ0v) is 14.9. The van der Waals surface area contributed by atoms with Crippen molar-refractivity contribution in [3.05, 3.63) is 58.3 Å². The second kappa shape index (κ2) is 8.52. The zero-order chi connectivity index (χ0) is 19.3.